The van der Waals surface area contributed by atoms with Gasteiger partial charge in [-0.1, -0.05) is 6.92 Å². The molecule has 7 heteroatoms. The van der Waals surface area contributed by atoms with Crippen LogP contribution in [-0.2, 0) is 26.5 Å². The predicted molar refractivity (Wildman–Crippen MR) is 58.5 cm³/mol. The number of sulfone groups is 1. The van der Waals surface area contributed by atoms with Gasteiger partial charge in [0.2, 0.25) is 5.89 Å². The molecule has 1 saturated heterocycles. The number of oxazole rings is 1. The number of carbonyl (C=O) groups is 1. The molecule has 1 aliphatic rings. The largest absolute Gasteiger partial charge is 0.481 e. The summed E-state index contributed by atoms with van der Waals surface area (Å²) < 4.78 is 28.2. The molecule has 1 fully saturated rings. The summed E-state index contributed by atoms with van der Waals surface area (Å²) in [6.45, 7) is 1.79. The van der Waals surface area contributed by atoms with Gasteiger partial charge >= 0.3 is 5.97 Å². The first-order valence-corrected chi connectivity index (χ1v) is 7.00. The molecule has 1 aliphatic heterocycles. The van der Waals surface area contributed by atoms with Crippen LogP contribution in [0.3, 0.4) is 0 Å². The maximum absolute atomic E-state index is 11.4. The van der Waals surface area contributed by atoms with E-state index in [0.717, 1.165) is 0 Å². The molecule has 0 spiro atoms. The number of aliphatic carboxylic acids is 1. The molecule has 0 saturated carbocycles. The number of hydrogen-bond donors (Lipinski definition) is 1. The fraction of sp³-hybridized carbons (Fsp3) is 0.600. The number of aromatic nitrogens is 1. The van der Waals surface area contributed by atoms with Crippen molar-refractivity contribution in [1.82, 2.24) is 4.98 Å². The van der Waals surface area contributed by atoms with Crippen molar-refractivity contribution in [2.24, 2.45) is 0 Å². The van der Waals surface area contributed by atoms with Gasteiger partial charge in [-0.15, -0.1) is 0 Å². The van der Waals surface area contributed by atoms with E-state index in [1.54, 1.807) is 6.92 Å². The summed E-state index contributed by atoms with van der Waals surface area (Å²) in [5, 5.41) is 8.59. The molecule has 0 aromatic carbocycles. The minimum Gasteiger partial charge on any atom is -0.481 e. The zero-order valence-electron chi connectivity index (χ0n) is 9.34. The number of carboxylic acid groups (broad SMARTS) is 1. The number of rotatable bonds is 3. The third-order valence-electron chi connectivity index (χ3n) is 2.95. The molecule has 1 aromatic rings. The van der Waals surface area contributed by atoms with E-state index in [4.69, 9.17) is 9.52 Å². The van der Waals surface area contributed by atoms with Gasteiger partial charge in [-0.2, -0.15) is 0 Å². The van der Waals surface area contributed by atoms with E-state index in [9.17, 15) is 13.2 Å². The van der Waals surface area contributed by atoms with E-state index in [0.29, 0.717) is 12.2 Å². The van der Waals surface area contributed by atoms with Crippen LogP contribution in [0.4, 0.5) is 0 Å². The quantitative estimate of drug-likeness (QED) is 0.842. The van der Waals surface area contributed by atoms with E-state index < -0.39 is 21.2 Å². The summed E-state index contributed by atoms with van der Waals surface area (Å²) in [4.78, 5) is 14.3. The zero-order chi connectivity index (χ0) is 12.7. The average molecular weight is 259 g/mol. The lowest BCUT2D eigenvalue weighted by Gasteiger charge is -2.17. The molecule has 0 radical (unpaired) electrons. The van der Waals surface area contributed by atoms with Gasteiger partial charge in [0.25, 0.3) is 0 Å². The molecule has 0 aliphatic carbocycles. The van der Waals surface area contributed by atoms with Crippen molar-refractivity contribution in [2.45, 2.75) is 25.2 Å². The van der Waals surface area contributed by atoms with E-state index in [-0.39, 0.29) is 23.8 Å². The summed E-state index contributed by atoms with van der Waals surface area (Å²) in [6.07, 6.45) is 1.62. The second kappa shape index (κ2) is 3.83. The standard InChI is InChI=1S/C10H13NO5S/c1-10(2-3-17(14,15)6-10)7-5-11-8(16-7)4-9(12)13/h5H,2-4,6H2,1H3,(H,12,13). The van der Waals surface area contributed by atoms with E-state index in [2.05, 4.69) is 4.98 Å². The highest BCUT2D eigenvalue weighted by Crippen LogP contribution is 2.35. The molecule has 2 heterocycles. The lowest BCUT2D eigenvalue weighted by molar-refractivity contribution is -0.136. The Labute approximate surface area is 98.6 Å². The van der Waals surface area contributed by atoms with Crippen LogP contribution in [0.1, 0.15) is 25.0 Å². The van der Waals surface area contributed by atoms with Gasteiger partial charge in [0.15, 0.2) is 9.84 Å². The third kappa shape index (κ3) is 2.49. The lowest BCUT2D eigenvalue weighted by Crippen LogP contribution is -2.22. The molecular weight excluding hydrogens is 246 g/mol. The Morgan fingerprint density at radius 1 is 1.65 bits per heavy atom. The first kappa shape index (κ1) is 12.1. The molecule has 0 amide bonds. The molecule has 1 atom stereocenters. The Kier molecular flexibility index (Phi) is 2.73. The van der Waals surface area contributed by atoms with Crippen molar-refractivity contribution in [3.63, 3.8) is 0 Å². The van der Waals surface area contributed by atoms with Gasteiger partial charge in [-0.3, -0.25) is 4.79 Å². The molecule has 1 unspecified atom stereocenters. The Balaban J connectivity index is 2.23. The van der Waals surface area contributed by atoms with Crippen molar-refractivity contribution in [3.8, 4) is 0 Å². The second-order valence-corrected chi connectivity index (χ2v) is 6.78. The van der Waals surface area contributed by atoms with Gasteiger partial charge in [-0.05, 0) is 6.42 Å². The monoisotopic (exact) mass is 259 g/mol. The Bertz CT molecular complexity index is 547. The molecule has 1 N–H and O–H groups in total. The maximum Gasteiger partial charge on any atom is 0.312 e. The van der Waals surface area contributed by atoms with Crippen LogP contribution in [0.5, 0.6) is 0 Å². The molecule has 6 nitrogen and oxygen atoms in total. The van der Waals surface area contributed by atoms with E-state index in [1.807, 2.05) is 0 Å². The van der Waals surface area contributed by atoms with Gasteiger partial charge in [0.1, 0.15) is 12.2 Å². The van der Waals surface area contributed by atoms with Crippen LogP contribution in [0.2, 0.25) is 0 Å². The predicted octanol–water partition coefficient (Wildman–Crippen LogP) is 0.378. The van der Waals surface area contributed by atoms with Crippen molar-refractivity contribution in [1.29, 1.82) is 0 Å². The summed E-state index contributed by atoms with van der Waals surface area (Å²) >= 11 is 0. The minimum absolute atomic E-state index is 0.0295. The normalized spacial score (nSPS) is 27.1. The number of nitrogens with zero attached hydrogens (tertiary/aromatic N) is 1. The van der Waals surface area contributed by atoms with Crippen molar-refractivity contribution in [3.05, 3.63) is 17.8 Å². The number of hydrogen-bond acceptors (Lipinski definition) is 5. The van der Waals surface area contributed by atoms with Crippen LogP contribution in [0.25, 0.3) is 0 Å². The van der Waals surface area contributed by atoms with Crippen molar-refractivity contribution < 1.29 is 22.7 Å². The summed E-state index contributed by atoms with van der Waals surface area (Å²) in [6, 6.07) is 0. The minimum atomic E-state index is -3.02. The lowest BCUT2D eigenvalue weighted by atomic mass is 9.88. The average Bonchev–Trinajstić information content (AvgIpc) is 2.71. The first-order valence-electron chi connectivity index (χ1n) is 5.18. The maximum atomic E-state index is 11.4. The SMILES string of the molecule is CC1(c2cnc(CC(=O)O)o2)CCS(=O)(=O)C1. The topological polar surface area (TPSA) is 97.5 Å². The second-order valence-electron chi connectivity index (χ2n) is 4.59. The van der Waals surface area contributed by atoms with E-state index >= 15 is 0 Å². The van der Waals surface area contributed by atoms with Crippen LogP contribution in [0, 0.1) is 0 Å². The van der Waals surface area contributed by atoms with Crippen molar-refractivity contribution >= 4 is 15.8 Å². The van der Waals surface area contributed by atoms with Gasteiger partial charge in [0, 0.05) is 5.41 Å². The molecule has 2 rings (SSSR count). The Morgan fingerprint density at radius 3 is 2.88 bits per heavy atom. The number of carboxylic acids is 1. The Morgan fingerprint density at radius 2 is 2.35 bits per heavy atom. The van der Waals surface area contributed by atoms with Crippen LogP contribution >= 0.6 is 0 Å². The molecule has 94 valence electrons. The Hall–Kier alpha value is -1.37. The van der Waals surface area contributed by atoms with Gasteiger partial charge in [0.05, 0.1) is 17.7 Å². The first-order chi connectivity index (χ1) is 7.81. The summed E-state index contributed by atoms with van der Waals surface area (Å²) in [5.41, 5.74) is -0.581. The fourth-order valence-corrected chi connectivity index (χ4v) is 4.17. The highest BCUT2D eigenvalue weighted by atomic mass is 32.2. The zero-order valence-corrected chi connectivity index (χ0v) is 10.2. The van der Waals surface area contributed by atoms with Crippen LogP contribution in [-0.4, -0.2) is 36.0 Å². The summed E-state index contributed by atoms with van der Waals surface area (Å²) in [5.74, 6) is -0.296. The molecule has 17 heavy (non-hydrogen) atoms. The molecule has 0 bridgehead atoms. The fourth-order valence-electron chi connectivity index (χ4n) is 2.01. The third-order valence-corrected chi connectivity index (χ3v) is 4.86. The van der Waals surface area contributed by atoms with Crippen LogP contribution in [0.15, 0.2) is 10.6 Å². The van der Waals surface area contributed by atoms with Crippen molar-refractivity contribution in [2.75, 3.05) is 11.5 Å². The molecular formula is C10H13NO5S. The molecule has 1 aromatic heterocycles. The summed E-state index contributed by atoms with van der Waals surface area (Å²) in [7, 11) is -3.02. The smallest absolute Gasteiger partial charge is 0.312 e. The van der Waals surface area contributed by atoms with Crippen LogP contribution < -0.4 is 0 Å². The van der Waals surface area contributed by atoms with Gasteiger partial charge < -0.3 is 9.52 Å². The van der Waals surface area contributed by atoms with E-state index in [1.165, 1.54) is 6.20 Å². The highest BCUT2D eigenvalue weighted by molar-refractivity contribution is 7.91. The van der Waals surface area contributed by atoms with Gasteiger partial charge in [-0.25, -0.2) is 13.4 Å². The highest BCUT2D eigenvalue weighted by Gasteiger charge is 2.42.